The van der Waals surface area contributed by atoms with Crippen molar-refractivity contribution in [1.29, 1.82) is 0 Å². The van der Waals surface area contributed by atoms with E-state index in [0.29, 0.717) is 0 Å². The summed E-state index contributed by atoms with van der Waals surface area (Å²) in [6, 6.07) is 7.13. The van der Waals surface area contributed by atoms with Crippen LogP contribution in [0.3, 0.4) is 0 Å². The molecular formula is C18H27FN2. The van der Waals surface area contributed by atoms with Crippen LogP contribution in [0, 0.1) is 5.82 Å². The van der Waals surface area contributed by atoms with Crippen molar-refractivity contribution >= 4 is 0 Å². The molecule has 1 saturated carbocycles. The predicted octanol–water partition coefficient (Wildman–Crippen LogP) is 3.67. The number of likely N-dealkylation sites (tertiary alicyclic amines) is 1. The van der Waals surface area contributed by atoms with Crippen LogP contribution >= 0.6 is 0 Å². The van der Waals surface area contributed by atoms with Crippen molar-refractivity contribution in [3.8, 4) is 0 Å². The molecule has 0 aromatic heterocycles. The molecule has 0 radical (unpaired) electrons. The molecule has 1 aromatic rings. The molecule has 21 heavy (non-hydrogen) atoms. The molecule has 1 N–H and O–H groups in total. The normalized spacial score (nSPS) is 22.5. The summed E-state index contributed by atoms with van der Waals surface area (Å²) in [5.41, 5.74) is 1.35. The highest BCUT2D eigenvalue weighted by Crippen LogP contribution is 2.38. The number of rotatable bonds is 5. The molecule has 1 aliphatic heterocycles. The van der Waals surface area contributed by atoms with Gasteiger partial charge in [-0.05, 0) is 56.5 Å². The number of nitrogens with one attached hydrogen (secondary N) is 1. The van der Waals surface area contributed by atoms with Gasteiger partial charge >= 0.3 is 0 Å². The van der Waals surface area contributed by atoms with Gasteiger partial charge in [-0.25, -0.2) is 4.39 Å². The molecule has 116 valence electrons. The summed E-state index contributed by atoms with van der Waals surface area (Å²) in [6.45, 7) is 4.69. The van der Waals surface area contributed by atoms with Gasteiger partial charge in [-0.15, -0.1) is 0 Å². The summed E-state index contributed by atoms with van der Waals surface area (Å²) < 4.78 is 13.2. The molecule has 0 unspecified atom stereocenters. The van der Waals surface area contributed by atoms with Gasteiger partial charge in [0.2, 0.25) is 0 Å². The van der Waals surface area contributed by atoms with Crippen LogP contribution in [-0.2, 0) is 5.54 Å². The van der Waals surface area contributed by atoms with Crippen molar-refractivity contribution in [1.82, 2.24) is 10.2 Å². The minimum atomic E-state index is -0.139. The zero-order valence-electron chi connectivity index (χ0n) is 12.9. The van der Waals surface area contributed by atoms with E-state index in [2.05, 4.69) is 10.2 Å². The first-order chi connectivity index (χ1) is 10.3. The second-order valence-electron chi connectivity index (χ2n) is 6.63. The van der Waals surface area contributed by atoms with Gasteiger partial charge in [-0.3, -0.25) is 0 Å². The summed E-state index contributed by atoms with van der Waals surface area (Å²) in [4.78, 5) is 2.57. The summed E-state index contributed by atoms with van der Waals surface area (Å²) in [5.74, 6) is -0.139. The van der Waals surface area contributed by atoms with Gasteiger partial charge in [0.1, 0.15) is 5.82 Å². The summed E-state index contributed by atoms with van der Waals surface area (Å²) in [5, 5.41) is 3.81. The summed E-state index contributed by atoms with van der Waals surface area (Å²) in [7, 11) is 0. The molecule has 2 fully saturated rings. The highest BCUT2D eigenvalue weighted by Gasteiger charge is 2.34. The number of hydrogen-bond donors (Lipinski definition) is 1. The fourth-order valence-corrected chi connectivity index (χ4v) is 3.95. The van der Waals surface area contributed by atoms with E-state index in [1.165, 1.54) is 63.6 Å². The average molecular weight is 290 g/mol. The van der Waals surface area contributed by atoms with E-state index < -0.39 is 0 Å². The zero-order chi connectivity index (χ0) is 14.5. The SMILES string of the molecule is Fc1ccc(C2(NCCN3CCCCC3)CCCC2)cc1. The van der Waals surface area contributed by atoms with Crippen LogP contribution in [0.2, 0.25) is 0 Å². The van der Waals surface area contributed by atoms with Gasteiger partial charge in [0.05, 0.1) is 0 Å². The Balaban J connectivity index is 1.60. The third kappa shape index (κ3) is 3.64. The summed E-state index contributed by atoms with van der Waals surface area (Å²) in [6.07, 6.45) is 9.00. The predicted molar refractivity (Wildman–Crippen MR) is 84.8 cm³/mol. The highest BCUT2D eigenvalue weighted by molar-refractivity contribution is 5.26. The van der Waals surface area contributed by atoms with Crippen molar-refractivity contribution in [2.45, 2.75) is 50.5 Å². The van der Waals surface area contributed by atoms with Crippen molar-refractivity contribution in [2.75, 3.05) is 26.2 Å². The Morgan fingerprint density at radius 3 is 2.29 bits per heavy atom. The van der Waals surface area contributed by atoms with Crippen molar-refractivity contribution < 1.29 is 4.39 Å². The van der Waals surface area contributed by atoms with Crippen LogP contribution in [0.1, 0.15) is 50.5 Å². The number of halogens is 1. The van der Waals surface area contributed by atoms with Crippen LogP contribution in [0.5, 0.6) is 0 Å². The molecule has 3 rings (SSSR count). The number of hydrogen-bond acceptors (Lipinski definition) is 2. The Morgan fingerprint density at radius 2 is 1.62 bits per heavy atom. The number of benzene rings is 1. The third-order valence-corrected chi connectivity index (χ3v) is 5.19. The molecule has 0 spiro atoms. The monoisotopic (exact) mass is 290 g/mol. The average Bonchev–Trinajstić information content (AvgIpc) is 2.99. The second-order valence-corrected chi connectivity index (χ2v) is 6.63. The molecule has 3 heteroatoms. The summed E-state index contributed by atoms with van der Waals surface area (Å²) >= 11 is 0. The first kappa shape index (κ1) is 15.0. The second kappa shape index (κ2) is 6.89. The van der Waals surface area contributed by atoms with Gasteiger partial charge in [0, 0.05) is 18.6 Å². The highest BCUT2D eigenvalue weighted by atomic mass is 19.1. The maximum Gasteiger partial charge on any atom is 0.123 e. The fraction of sp³-hybridized carbons (Fsp3) is 0.667. The van der Waals surface area contributed by atoms with E-state index in [-0.39, 0.29) is 11.4 Å². The van der Waals surface area contributed by atoms with Crippen LogP contribution in [0.15, 0.2) is 24.3 Å². The molecule has 1 aromatic carbocycles. The molecule has 1 saturated heterocycles. The molecule has 2 aliphatic rings. The topological polar surface area (TPSA) is 15.3 Å². The fourth-order valence-electron chi connectivity index (χ4n) is 3.95. The number of piperidine rings is 1. The maximum atomic E-state index is 13.2. The van der Waals surface area contributed by atoms with Gasteiger partial charge in [0.15, 0.2) is 0 Å². The van der Waals surface area contributed by atoms with E-state index in [4.69, 9.17) is 0 Å². The smallest absolute Gasteiger partial charge is 0.123 e. The Bertz CT molecular complexity index is 431. The largest absolute Gasteiger partial charge is 0.306 e. The quantitative estimate of drug-likeness (QED) is 0.890. The van der Waals surface area contributed by atoms with Gasteiger partial charge in [0.25, 0.3) is 0 Å². The van der Waals surface area contributed by atoms with E-state index in [1.807, 2.05) is 12.1 Å². The van der Waals surface area contributed by atoms with Gasteiger partial charge in [-0.1, -0.05) is 31.4 Å². The lowest BCUT2D eigenvalue weighted by Gasteiger charge is -2.33. The van der Waals surface area contributed by atoms with Crippen LogP contribution in [0.4, 0.5) is 4.39 Å². The van der Waals surface area contributed by atoms with Crippen LogP contribution in [-0.4, -0.2) is 31.1 Å². The van der Waals surface area contributed by atoms with Gasteiger partial charge < -0.3 is 10.2 Å². The lowest BCUT2D eigenvalue weighted by atomic mass is 9.88. The maximum absolute atomic E-state index is 13.2. The molecule has 1 aliphatic carbocycles. The van der Waals surface area contributed by atoms with Crippen molar-refractivity contribution in [3.05, 3.63) is 35.6 Å². The minimum Gasteiger partial charge on any atom is -0.306 e. The van der Waals surface area contributed by atoms with E-state index in [0.717, 1.165) is 13.1 Å². The molecule has 1 heterocycles. The third-order valence-electron chi connectivity index (χ3n) is 5.19. The van der Waals surface area contributed by atoms with Gasteiger partial charge in [-0.2, -0.15) is 0 Å². The zero-order valence-corrected chi connectivity index (χ0v) is 12.9. The number of nitrogens with zero attached hydrogens (tertiary/aromatic N) is 1. The lowest BCUT2D eigenvalue weighted by molar-refractivity contribution is 0.215. The first-order valence-corrected chi connectivity index (χ1v) is 8.52. The van der Waals surface area contributed by atoms with Crippen molar-refractivity contribution in [3.63, 3.8) is 0 Å². The molecule has 0 bridgehead atoms. The Hall–Kier alpha value is -0.930. The molecule has 0 amide bonds. The molecule has 0 atom stereocenters. The van der Waals surface area contributed by atoms with E-state index >= 15 is 0 Å². The molecule has 2 nitrogen and oxygen atoms in total. The molecular weight excluding hydrogens is 263 g/mol. The van der Waals surface area contributed by atoms with E-state index in [9.17, 15) is 4.39 Å². The van der Waals surface area contributed by atoms with E-state index in [1.54, 1.807) is 12.1 Å². The van der Waals surface area contributed by atoms with Crippen LogP contribution in [0.25, 0.3) is 0 Å². The Labute approximate surface area is 127 Å². The van der Waals surface area contributed by atoms with Crippen molar-refractivity contribution in [2.24, 2.45) is 0 Å². The Morgan fingerprint density at radius 1 is 0.952 bits per heavy atom. The van der Waals surface area contributed by atoms with Crippen LogP contribution < -0.4 is 5.32 Å². The Kier molecular flexibility index (Phi) is 4.91. The first-order valence-electron chi connectivity index (χ1n) is 8.52. The standard InChI is InChI=1S/C18H27FN2/c19-17-8-6-16(7-9-17)18(10-2-3-11-18)20-12-15-21-13-4-1-5-14-21/h6-9,20H,1-5,10-15H2. The lowest BCUT2D eigenvalue weighted by Crippen LogP contribution is -2.44. The minimum absolute atomic E-state index is 0.0868.